The summed E-state index contributed by atoms with van der Waals surface area (Å²) in [5.74, 6) is -0.638. The van der Waals surface area contributed by atoms with Crippen molar-refractivity contribution >= 4 is 22.9 Å². The van der Waals surface area contributed by atoms with E-state index in [0.717, 1.165) is 0 Å². The van der Waals surface area contributed by atoms with Crippen molar-refractivity contribution in [1.29, 1.82) is 0 Å². The molecule has 0 aliphatic heterocycles. The molecule has 0 bridgehead atoms. The smallest absolute Gasteiger partial charge is 0.198 e. The third-order valence-electron chi connectivity index (χ3n) is 3.72. The highest BCUT2D eigenvalue weighted by Gasteiger charge is 2.34. The highest BCUT2D eigenvalue weighted by atomic mass is 32.1. The molecule has 1 aliphatic carbocycles. The van der Waals surface area contributed by atoms with Gasteiger partial charge in [-0.15, -0.1) is 11.3 Å². The average Bonchev–Trinajstić information content (AvgIpc) is 3.07. The van der Waals surface area contributed by atoms with Crippen LogP contribution in [0.2, 0.25) is 0 Å². The highest BCUT2D eigenvalue weighted by molar-refractivity contribution is 7.11. The zero-order chi connectivity index (χ0) is 16.0. The molecule has 0 unspecified atom stereocenters. The number of thiophene rings is 1. The van der Waals surface area contributed by atoms with Gasteiger partial charge in [-0.2, -0.15) is 0 Å². The molecule has 0 saturated carbocycles. The van der Waals surface area contributed by atoms with E-state index in [2.05, 4.69) is 0 Å². The van der Waals surface area contributed by atoms with Crippen molar-refractivity contribution < 1.29 is 19.4 Å². The van der Waals surface area contributed by atoms with E-state index in [1.54, 1.807) is 30.3 Å². The first kappa shape index (κ1) is 13.7. The van der Waals surface area contributed by atoms with Crippen LogP contribution in [0.5, 0.6) is 16.6 Å². The van der Waals surface area contributed by atoms with Crippen molar-refractivity contribution in [3.8, 4) is 16.6 Å². The molecule has 112 valence electrons. The van der Waals surface area contributed by atoms with Gasteiger partial charge in [0.15, 0.2) is 16.6 Å². The fraction of sp³-hybridized carbons (Fsp3) is 0. The maximum Gasteiger partial charge on any atom is 0.198 e. The summed E-state index contributed by atoms with van der Waals surface area (Å²) < 4.78 is 5.74. The first-order valence-electron chi connectivity index (χ1n) is 6.92. The van der Waals surface area contributed by atoms with Crippen molar-refractivity contribution in [3.63, 3.8) is 0 Å². The third-order valence-corrected chi connectivity index (χ3v) is 4.47. The summed E-state index contributed by atoms with van der Waals surface area (Å²) in [6.45, 7) is 0. The molecule has 1 aromatic heterocycles. The second kappa shape index (κ2) is 5.07. The van der Waals surface area contributed by atoms with E-state index in [-0.39, 0.29) is 34.2 Å². The highest BCUT2D eigenvalue weighted by Crippen LogP contribution is 2.40. The standard InChI is InChI=1S/C18H10O4S/c19-12-7-8-13(22-14-6-3-9-23-14)16-15(12)17(20)10-4-1-2-5-11(10)18(16)21/h1-9,19H. The van der Waals surface area contributed by atoms with Gasteiger partial charge in [-0.05, 0) is 29.6 Å². The second-order valence-electron chi connectivity index (χ2n) is 5.07. The maximum absolute atomic E-state index is 12.8. The van der Waals surface area contributed by atoms with Crippen LogP contribution < -0.4 is 4.74 Å². The van der Waals surface area contributed by atoms with Crippen LogP contribution in [0, 0.1) is 0 Å². The Labute approximate surface area is 135 Å². The average molecular weight is 322 g/mol. The Morgan fingerprint density at radius 1 is 0.826 bits per heavy atom. The van der Waals surface area contributed by atoms with Gasteiger partial charge in [0, 0.05) is 11.1 Å². The quantitative estimate of drug-likeness (QED) is 0.605. The fourth-order valence-corrected chi connectivity index (χ4v) is 3.28. The van der Waals surface area contributed by atoms with Gasteiger partial charge in [-0.25, -0.2) is 0 Å². The van der Waals surface area contributed by atoms with Gasteiger partial charge >= 0.3 is 0 Å². The Balaban J connectivity index is 1.94. The lowest BCUT2D eigenvalue weighted by molar-refractivity contribution is 0.0974. The SMILES string of the molecule is O=C1c2ccccc2C(=O)c2c(Oc3cccs3)ccc(O)c21. The van der Waals surface area contributed by atoms with E-state index < -0.39 is 0 Å². The van der Waals surface area contributed by atoms with Gasteiger partial charge in [-0.3, -0.25) is 9.59 Å². The topological polar surface area (TPSA) is 63.6 Å². The number of phenols is 1. The molecule has 0 fully saturated rings. The molecule has 2 aromatic carbocycles. The molecule has 23 heavy (non-hydrogen) atoms. The number of ether oxygens (including phenoxy) is 1. The van der Waals surface area contributed by atoms with E-state index in [9.17, 15) is 14.7 Å². The van der Waals surface area contributed by atoms with Crippen LogP contribution in [0.15, 0.2) is 53.9 Å². The van der Waals surface area contributed by atoms with Gasteiger partial charge < -0.3 is 9.84 Å². The minimum absolute atomic E-state index is 0.00255. The Morgan fingerprint density at radius 2 is 1.52 bits per heavy atom. The molecule has 0 amide bonds. The van der Waals surface area contributed by atoms with Gasteiger partial charge in [0.1, 0.15) is 11.5 Å². The van der Waals surface area contributed by atoms with Crippen LogP contribution in [0.4, 0.5) is 0 Å². The Hall–Kier alpha value is -2.92. The van der Waals surface area contributed by atoms with Crippen molar-refractivity contribution in [2.45, 2.75) is 0 Å². The number of benzene rings is 2. The molecule has 4 nitrogen and oxygen atoms in total. The van der Waals surface area contributed by atoms with Crippen LogP contribution in [0.3, 0.4) is 0 Å². The summed E-state index contributed by atoms with van der Waals surface area (Å²) in [5.41, 5.74) is 0.741. The van der Waals surface area contributed by atoms with E-state index in [1.807, 2.05) is 11.4 Å². The second-order valence-corrected chi connectivity index (χ2v) is 5.98. The van der Waals surface area contributed by atoms with Crippen LogP contribution in [-0.2, 0) is 0 Å². The first-order chi connectivity index (χ1) is 11.2. The summed E-state index contributed by atoms with van der Waals surface area (Å²) in [7, 11) is 0. The first-order valence-corrected chi connectivity index (χ1v) is 7.80. The molecule has 1 heterocycles. The third kappa shape index (κ3) is 2.05. The zero-order valence-corrected chi connectivity index (χ0v) is 12.6. The lowest BCUT2D eigenvalue weighted by Crippen LogP contribution is -2.21. The molecule has 0 spiro atoms. The normalized spacial score (nSPS) is 12.7. The summed E-state index contributed by atoms with van der Waals surface area (Å²) in [6, 6.07) is 13.1. The molecule has 0 saturated heterocycles. The van der Waals surface area contributed by atoms with Crippen molar-refractivity contribution in [1.82, 2.24) is 0 Å². The van der Waals surface area contributed by atoms with Crippen LogP contribution >= 0.6 is 11.3 Å². The molecule has 1 aliphatic rings. The van der Waals surface area contributed by atoms with E-state index >= 15 is 0 Å². The van der Waals surface area contributed by atoms with Crippen molar-refractivity contribution in [3.05, 3.63) is 76.2 Å². The van der Waals surface area contributed by atoms with E-state index in [0.29, 0.717) is 16.2 Å². The van der Waals surface area contributed by atoms with E-state index in [1.165, 1.54) is 23.5 Å². The number of ketones is 2. The summed E-state index contributed by atoms with van der Waals surface area (Å²) in [6.07, 6.45) is 0. The largest absolute Gasteiger partial charge is 0.507 e. The van der Waals surface area contributed by atoms with Crippen LogP contribution in [0.25, 0.3) is 0 Å². The number of hydrogen-bond acceptors (Lipinski definition) is 5. The lowest BCUT2D eigenvalue weighted by Gasteiger charge is -2.20. The van der Waals surface area contributed by atoms with Gasteiger partial charge in [0.2, 0.25) is 0 Å². The number of carbonyl (C=O) groups is 2. The fourth-order valence-electron chi connectivity index (χ4n) is 2.69. The van der Waals surface area contributed by atoms with Gasteiger partial charge in [0.05, 0.1) is 11.1 Å². The number of hydrogen-bond donors (Lipinski definition) is 1. The van der Waals surface area contributed by atoms with Gasteiger partial charge in [-0.1, -0.05) is 24.3 Å². The molecule has 5 heteroatoms. The number of aromatic hydroxyl groups is 1. The number of fused-ring (bicyclic) bond motifs is 2. The predicted molar refractivity (Wildman–Crippen MR) is 85.8 cm³/mol. The number of carbonyl (C=O) groups excluding carboxylic acids is 2. The number of phenolic OH excluding ortho intramolecular Hbond substituents is 1. The van der Waals surface area contributed by atoms with Crippen LogP contribution in [-0.4, -0.2) is 16.7 Å². The van der Waals surface area contributed by atoms with Crippen molar-refractivity contribution in [2.24, 2.45) is 0 Å². The molecule has 0 radical (unpaired) electrons. The zero-order valence-electron chi connectivity index (χ0n) is 11.8. The van der Waals surface area contributed by atoms with E-state index in [4.69, 9.17) is 4.74 Å². The van der Waals surface area contributed by atoms with Crippen LogP contribution in [0.1, 0.15) is 31.8 Å². The molecule has 3 aromatic rings. The Kier molecular flexibility index (Phi) is 3.02. The molecule has 4 rings (SSSR count). The summed E-state index contributed by atoms with van der Waals surface area (Å²) >= 11 is 1.38. The number of rotatable bonds is 2. The molecule has 1 N–H and O–H groups in total. The Morgan fingerprint density at radius 3 is 2.17 bits per heavy atom. The van der Waals surface area contributed by atoms with Crippen molar-refractivity contribution in [2.75, 3.05) is 0 Å². The monoisotopic (exact) mass is 322 g/mol. The lowest BCUT2D eigenvalue weighted by atomic mass is 9.83. The summed E-state index contributed by atoms with van der Waals surface area (Å²) in [4.78, 5) is 25.5. The Bertz CT molecular complexity index is 942. The summed E-state index contributed by atoms with van der Waals surface area (Å²) in [5, 5.41) is 12.6. The minimum Gasteiger partial charge on any atom is -0.507 e. The molecule has 0 atom stereocenters. The van der Waals surface area contributed by atoms with Gasteiger partial charge in [0.25, 0.3) is 0 Å². The molecular formula is C18H10O4S. The predicted octanol–water partition coefficient (Wildman–Crippen LogP) is 4.02. The minimum atomic E-state index is -0.371. The maximum atomic E-state index is 12.8. The molecular weight excluding hydrogens is 312 g/mol.